The third-order valence-electron chi connectivity index (χ3n) is 2.95. The molecule has 1 aromatic heterocycles. The van der Waals surface area contributed by atoms with Crippen LogP contribution in [0.5, 0.6) is 0 Å². The molecule has 0 atom stereocenters. The molecule has 2 rings (SSSR count). The molecule has 4 nitrogen and oxygen atoms in total. The van der Waals surface area contributed by atoms with E-state index in [0.29, 0.717) is 0 Å². The normalized spacial score (nSPS) is 11.7. The van der Waals surface area contributed by atoms with E-state index in [1.54, 1.807) is 26.0 Å². The second kappa shape index (κ2) is 7.56. The second-order valence-corrected chi connectivity index (χ2v) is 5.94. The van der Waals surface area contributed by atoms with Crippen LogP contribution in [0.15, 0.2) is 53.6 Å². The van der Waals surface area contributed by atoms with E-state index in [1.807, 2.05) is 54.6 Å². The van der Waals surface area contributed by atoms with E-state index in [1.165, 1.54) is 11.3 Å². The molecular weight excluding hydrogens is 294 g/mol. The van der Waals surface area contributed by atoms with Crippen LogP contribution in [0.4, 0.5) is 0 Å². The Hall–Kier alpha value is -2.40. The van der Waals surface area contributed by atoms with Gasteiger partial charge in [0.25, 0.3) is 5.91 Å². The average Bonchev–Trinajstić information content (AvgIpc) is 3.00. The number of hydrogen-bond acceptors (Lipinski definition) is 4. The summed E-state index contributed by atoms with van der Waals surface area (Å²) in [4.78, 5) is 15.2. The van der Waals surface area contributed by atoms with Gasteiger partial charge in [-0.25, -0.2) is 0 Å². The summed E-state index contributed by atoms with van der Waals surface area (Å²) in [6, 6.07) is 13.7. The standard InChI is InChI=1S/C17H19N3OS/c1-18-19-15(13-7-5-4-6-8-13)11-9-14-10-12-16(22-14)17(21)20(2)3/h4-12,18H,1-3H3/b11-9+,19-15+. The monoisotopic (exact) mass is 313 g/mol. The molecule has 0 bridgehead atoms. The van der Waals surface area contributed by atoms with Crippen molar-refractivity contribution < 1.29 is 4.79 Å². The lowest BCUT2D eigenvalue weighted by Crippen LogP contribution is -2.20. The minimum Gasteiger partial charge on any atom is -0.344 e. The van der Waals surface area contributed by atoms with Gasteiger partial charge in [0.2, 0.25) is 0 Å². The van der Waals surface area contributed by atoms with Crippen LogP contribution in [0.3, 0.4) is 0 Å². The highest BCUT2D eigenvalue weighted by Crippen LogP contribution is 2.19. The summed E-state index contributed by atoms with van der Waals surface area (Å²) in [5, 5.41) is 4.29. The number of benzene rings is 1. The van der Waals surface area contributed by atoms with Gasteiger partial charge in [-0.3, -0.25) is 4.79 Å². The van der Waals surface area contributed by atoms with Crippen molar-refractivity contribution in [1.29, 1.82) is 0 Å². The van der Waals surface area contributed by atoms with Crippen LogP contribution in [0.25, 0.3) is 6.08 Å². The van der Waals surface area contributed by atoms with Gasteiger partial charge in [0, 0.05) is 31.6 Å². The zero-order valence-electron chi connectivity index (χ0n) is 12.9. The summed E-state index contributed by atoms with van der Waals surface area (Å²) in [7, 11) is 5.28. The van der Waals surface area contributed by atoms with Gasteiger partial charge in [0.05, 0.1) is 10.6 Å². The van der Waals surface area contributed by atoms with E-state index in [2.05, 4.69) is 10.5 Å². The number of nitrogens with zero attached hydrogens (tertiary/aromatic N) is 2. The van der Waals surface area contributed by atoms with E-state index in [9.17, 15) is 4.79 Å². The van der Waals surface area contributed by atoms with Crippen molar-refractivity contribution in [3.63, 3.8) is 0 Å². The van der Waals surface area contributed by atoms with Crippen molar-refractivity contribution >= 4 is 29.0 Å². The van der Waals surface area contributed by atoms with Crippen LogP contribution in [-0.4, -0.2) is 37.7 Å². The summed E-state index contributed by atoms with van der Waals surface area (Å²) < 4.78 is 0. The fourth-order valence-corrected chi connectivity index (χ4v) is 2.80. The summed E-state index contributed by atoms with van der Waals surface area (Å²) in [6.45, 7) is 0. The smallest absolute Gasteiger partial charge is 0.263 e. The van der Waals surface area contributed by atoms with Gasteiger partial charge in [-0.1, -0.05) is 30.3 Å². The number of amides is 1. The van der Waals surface area contributed by atoms with Crippen molar-refractivity contribution in [2.75, 3.05) is 21.1 Å². The second-order valence-electron chi connectivity index (χ2n) is 4.82. The molecule has 0 unspecified atom stereocenters. The van der Waals surface area contributed by atoms with Crippen molar-refractivity contribution in [1.82, 2.24) is 10.3 Å². The SMILES string of the molecule is CN/N=C(\C=C\c1ccc(C(=O)N(C)C)s1)c1ccccc1. The summed E-state index contributed by atoms with van der Waals surface area (Å²) in [5.74, 6) is 0.0248. The third-order valence-corrected chi connectivity index (χ3v) is 3.99. The number of rotatable bonds is 5. The van der Waals surface area contributed by atoms with Gasteiger partial charge in [0.1, 0.15) is 0 Å². The maximum atomic E-state index is 11.9. The Balaban J connectivity index is 2.19. The molecule has 1 N–H and O–H groups in total. The minimum atomic E-state index is 0.0248. The molecule has 0 saturated heterocycles. The first-order valence-electron chi connectivity index (χ1n) is 6.91. The predicted octanol–water partition coefficient (Wildman–Crippen LogP) is 3.09. The number of thiophene rings is 1. The van der Waals surface area contributed by atoms with Gasteiger partial charge in [0.15, 0.2) is 0 Å². The van der Waals surface area contributed by atoms with Gasteiger partial charge in [-0.05, 0) is 24.3 Å². The minimum absolute atomic E-state index is 0.0248. The average molecular weight is 313 g/mol. The molecule has 0 saturated carbocycles. The van der Waals surface area contributed by atoms with Crippen molar-refractivity contribution in [2.45, 2.75) is 0 Å². The molecule has 114 valence electrons. The van der Waals surface area contributed by atoms with E-state index in [0.717, 1.165) is 21.0 Å². The largest absolute Gasteiger partial charge is 0.344 e. The number of carbonyl (C=O) groups excluding carboxylic acids is 1. The molecule has 0 spiro atoms. The number of hydrazone groups is 1. The molecule has 0 radical (unpaired) electrons. The fourth-order valence-electron chi connectivity index (χ4n) is 1.87. The van der Waals surface area contributed by atoms with Crippen molar-refractivity contribution in [3.8, 4) is 0 Å². The lowest BCUT2D eigenvalue weighted by Gasteiger charge is -2.06. The Morgan fingerprint density at radius 1 is 1.18 bits per heavy atom. The summed E-state index contributed by atoms with van der Waals surface area (Å²) >= 11 is 1.47. The number of hydrogen-bond donors (Lipinski definition) is 1. The van der Waals surface area contributed by atoms with Crippen LogP contribution in [0.1, 0.15) is 20.1 Å². The molecule has 0 aliphatic rings. The molecule has 0 aliphatic heterocycles. The Kier molecular flexibility index (Phi) is 5.49. The molecule has 1 aromatic carbocycles. The first-order valence-corrected chi connectivity index (χ1v) is 7.73. The third kappa shape index (κ3) is 4.05. The van der Waals surface area contributed by atoms with E-state index in [-0.39, 0.29) is 5.91 Å². The zero-order chi connectivity index (χ0) is 15.9. The van der Waals surface area contributed by atoms with Gasteiger partial charge >= 0.3 is 0 Å². The Morgan fingerprint density at radius 3 is 2.55 bits per heavy atom. The number of carbonyl (C=O) groups is 1. The van der Waals surface area contributed by atoms with Gasteiger partial charge < -0.3 is 10.3 Å². The maximum absolute atomic E-state index is 11.9. The Morgan fingerprint density at radius 2 is 1.91 bits per heavy atom. The number of nitrogens with one attached hydrogen (secondary N) is 1. The van der Waals surface area contributed by atoms with E-state index in [4.69, 9.17) is 0 Å². The molecule has 0 fully saturated rings. The highest BCUT2D eigenvalue weighted by molar-refractivity contribution is 7.14. The van der Waals surface area contributed by atoms with Crippen LogP contribution in [-0.2, 0) is 0 Å². The van der Waals surface area contributed by atoms with Crippen LogP contribution < -0.4 is 5.43 Å². The lowest BCUT2D eigenvalue weighted by molar-refractivity contribution is 0.0832. The topological polar surface area (TPSA) is 44.7 Å². The molecule has 5 heteroatoms. The first kappa shape index (κ1) is 16.0. The first-order chi connectivity index (χ1) is 10.6. The maximum Gasteiger partial charge on any atom is 0.263 e. The zero-order valence-corrected chi connectivity index (χ0v) is 13.7. The quantitative estimate of drug-likeness (QED) is 0.681. The molecule has 1 heterocycles. The summed E-state index contributed by atoms with van der Waals surface area (Å²) in [6.07, 6.45) is 3.92. The summed E-state index contributed by atoms with van der Waals surface area (Å²) in [5.41, 5.74) is 4.70. The Labute approximate surface area is 134 Å². The van der Waals surface area contributed by atoms with E-state index < -0.39 is 0 Å². The molecule has 22 heavy (non-hydrogen) atoms. The van der Waals surface area contributed by atoms with Gasteiger partial charge in [-0.15, -0.1) is 11.3 Å². The fraction of sp³-hybridized carbons (Fsp3) is 0.176. The highest BCUT2D eigenvalue weighted by atomic mass is 32.1. The molecule has 1 amide bonds. The van der Waals surface area contributed by atoms with Crippen molar-refractivity contribution in [3.05, 3.63) is 63.9 Å². The number of allylic oxidation sites excluding steroid dienone is 1. The highest BCUT2D eigenvalue weighted by Gasteiger charge is 2.10. The van der Waals surface area contributed by atoms with E-state index >= 15 is 0 Å². The molecule has 2 aromatic rings. The van der Waals surface area contributed by atoms with Crippen molar-refractivity contribution in [2.24, 2.45) is 5.10 Å². The van der Waals surface area contributed by atoms with Gasteiger partial charge in [-0.2, -0.15) is 5.10 Å². The lowest BCUT2D eigenvalue weighted by atomic mass is 10.1. The van der Waals surface area contributed by atoms with Crippen LogP contribution in [0.2, 0.25) is 0 Å². The molecule has 0 aliphatic carbocycles. The molecular formula is C17H19N3OS. The Bertz CT molecular complexity index is 687. The van der Waals surface area contributed by atoms with Crippen LogP contribution in [0, 0.1) is 0 Å². The van der Waals surface area contributed by atoms with Crippen LogP contribution >= 0.6 is 11.3 Å². The predicted molar refractivity (Wildman–Crippen MR) is 93.4 cm³/mol.